The van der Waals surface area contributed by atoms with E-state index in [0.717, 1.165) is 19.3 Å². The Morgan fingerprint density at radius 2 is 2.21 bits per heavy atom. The molecule has 2 aliphatic heterocycles. The number of ether oxygens (including phenoxy) is 1. The fourth-order valence-electron chi connectivity index (χ4n) is 3.65. The molecule has 4 unspecified atom stereocenters. The van der Waals surface area contributed by atoms with Crippen LogP contribution in [0.15, 0.2) is 0 Å². The Bertz CT molecular complexity index is 362. The van der Waals surface area contributed by atoms with Crippen molar-refractivity contribution in [2.24, 2.45) is 11.8 Å². The molecule has 0 radical (unpaired) electrons. The van der Waals surface area contributed by atoms with E-state index < -0.39 is 15.5 Å². The van der Waals surface area contributed by atoms with Gasteiger partial charge < -0.3 is 4.74 Å². The van der Waals surface area contributed by atoms with Gasteiger partial charge in [0.15, 0.2) is 0 Å². The van der Waals surface area contributed by atoms with Crippen LogP contribution >= 0.6 is 0 Å². The van der Waals surface area contributed by atoms with Crippen LogP contribution in [0.5, 0.6) is 0 Å². The van der Waals surface area contributed by atoms with E-state index in [2.05, 4.69) is 0 Å². The van der Waals surface area contributed by atoms with E-state index in [1.807, 2.05) is 0 Å². The Balaban J connectivity index is 1.95. The van der Waals surface area contributed by atoms with Crippen LogP contribution in [-0.4, -0.2) is 25.9 Å². The molecule has 0 aromatic heterocycles. The second-order valence-electron chi connectivity index (χ2n) is 4.77. The highest BCUT2D eigenvalue weighted by Crippen LogP contribution is 2.61. The van der Waals surface area contributed by atoms with Crippen LogP contribution in [0.25, 0.3) is 0 Å². The Morgan fingerprint density at radius 1 is 1.43 bits per heavy atom. The van der Waals surface area contributed by atoms with Crippen LogP contribution in [-0.2, 0) is 15.0 Å². The van der Waals surface area contributed by atoms with E-state index in [0.29, 0.717) is 18.9 Å². The smallest absolute Gasteiger partial charge is 0.305 e. The highest BCUT2D eigenvalue weighted by atomic mass is 32.3. The molecule has 0 amide bonds. The number of hydrogen-bond donors (Lipinski definition) is 0. The summed E-state index contributed by atoms with van der Waals surface area (Å²) in [4.78, 5) is 0. The van der Waals surface area contributed by atoms with Crippen molar-refractivity contribution in [3.8, 4) is 0 Å². The summed E-state index contributed by atoms with van der Waals surface area (Å²) >= 11 is 0. The van der Waals surface area contributed by atoms with Gasteiger partial charge >= 0.3 is 10.2 Å². The van der Waals surface area contributed by atoms with Crippen LogP contribution in [0.3, 0.4) is 0 Å². The first-order valence-electron chi connectivity index (χ1n) is 5.10. The lowest BCUT2D eigenvalue weighted by Crippen LogP contribution is -2.57. The van der Waals surface area contributed by atoms with Gasteiger partial charge in [-0.1, -0.05) is 0 Å². The van der Waals surface area contributed by atoms with Crippen LogP contribution in [0, 0.1) is 11.8 Å². The first-order chi connectivity index (χ1) is 6.53. The van der Waals surface area contributed by atoms with Gasteiger partial charge in [-0.2, -0.15) is 8.42 Å². The van der Waals surface area contributed by atoms with Gasteiger partial charge in [0, 0.05) is 5.92 Å². The molecule has 2 heterocycles. The Kier molecular flexibility index (Phi) is 1.62. The summed E-state index contributed by atoms with van der Waals surface area (Å²) in [6, 6.07) is 0. The first kappa shape index (κ1) is 9.09. The van der Waals surface area contributed by atoms with Crippen molar-refractivity contribution in [1.82, 2.24) is 0 Å². The maximum Gasteiger partial charge on any atom is 0.305 e. The summed E-state index contributed by atoms with van der Waals surface area (Å²) in [6.45, 7) is 0.636. The summed E-state index contributed by atoms with van der Waals surface area (Å²) in [6.07, 6.45) is 3.12. The number of rotatable bonds is 1. The lowest BCUT2D eigenvalue weighted by molar-refractivity contribution is -0.0768. The van der Waals surface area contributed by atoms with Crippen LogP contribution in [0.1, 0.15) is 25.7 Å². The zero-order chi connectivity index (χ0) is 9.97. The molecule has 0 aromatic carbocycles. The van der Waals surface area contributed by atoms with Gasteiger partial charge in [0.2, 0.25) is 0 Å². The van der Waals surface area contributed by atoms with E-state index in [1.54, 1.807) is 0 Å². The Hall–Kier alpha value is -0.160. The first-order valence-corrected chi connectivity index (χ1v) is 6.55. The van der Waals surface area contributed by atoms with Gasteiger partial charge in [-0.15, -0.1) is 3.89 Å². The van der Waals surface area contributed by atoms with Crippen LogP contribution in [0.4, 0.5) is 3.89 Å². The third-order valence-corrected chi connectivity index (χ3v) is 5.41. The molecule has 0 N–H and O–H groups in total. The standard InChI is InChI=1S/C9H13FO3S/c10-14(11,12)7-2-1-3-9-4-6(5-13-9)8(7)9/h6-8H,1-5H2. The highest BCUT2D eigenvalue weighted by Gasteiger charge is 2.66. The second kappa shape index (κ2) is 2.50. The lowest BCUT2D eigenvalue weighted by Gasteiger charge is -2.51. The highest BCUT2D eigenvalue weighted by molar-refractivity contribution is 7.87. The van der Waals surface area contributed by atoms with Crippen molar-refractivity contribution >= 4 is 10.2 Å². The molecule has 80 valence electrons. The Labute approximate surface area is 82.8 Å². The maximum absolute atomic E-state index is 13.0. The summed E-state index contributed by atoms with van der Waals surface area (Å²) in [5.74, 6) is 0.247. The van der Waals surface area contributed by atoms with E-state index in [9.17, 15) is 12.3 Å². The summed E-state index contributed by atoms with van der Waals surface area (Å²) < 4.78 is 40.6. The third kappa shape index (κ3) is 0.972. The van der Waals surface area contributed by atoms with Crippen molar-refractivity contribution in [1.29, 1.82) is 0 Å². The molecule has 4 fully saturated rings. The van der Waals surface area contributed by atoms with E-state index in [1.165, 1.54) is 0 Å². The lowest BCUT2D eigenvalue weighted by atomic mass is 9.58. The third-order valence-electron chi connectivity index (χ3n) is 4.16. The van der Waals surface area contributed by atoms with E-state index in [4.69, 9.17) is 4.74 Å². The Morgan fingerprint density at radius 3 is 2.86 bits per heavy atom. The molecular formula is C9H13FO3S. The molecule has 2 saturated carbocycles. The van der Waals surface area contributed by atoms with E-state index in [-0.39, 0.29) is 11.5 Å². The molecule has 2 aliphatic carbocycles. The number of halogens is 1. The molecule has 2 bridgehead atoms. The second-order valence-corrected chi connectivity index (χ2v) is 6.33. The molecule has 0 aromatic rings. The molecule has 4 rings (SSSR count). The average Bonchev–Trinajstić information content (AvgIpc) is 2.58. The topological polar surface area (TPSA) is 43.4 Å². The molecule has 4 atom stereocenters. The maximum atomic E-state index is 13.0. The van der Waals surface area contributed by atoms with Gasteiger partial charge in [-0.05, 0) is 31.6 Å². The van der Waals surface area contributed by atoms with Gasteiger partial charge in [0.1, 0.15) is 0 Å². The molecule has 4 aliphatic rings. The fraction of sp³-hybridized carbons (Fsp3) is 1.00. The molecule has 5 heteroatoms. The van der Waals surface area contributed by atoms with Crippen LogP contribution in [0.2, 0.25) is 0 Å². The van der Waals surface area contributed by atoms with Crippen LogP contribution < -0.4 is 0 Å². The van der Waals surface area contributed by atoms with Gasteiger partial charge in [0.05, 0.1) is 17.5 Å². The average molecular weight is 220 g/mol. The van der Waals surface area contributed by atoms with Crippen molar-refractivity contribution < 1.29 is 17.0 Å². The summed E-state index contributed by atoms with van der Waals surface area (Å²) in [7, 11) is -4.37. The summed E-state index contributed by atoms with van der Waals surface area (Å²) in [5.41, 5.74) is -0.257. The van der Waals surface area contributed by atoms with Gasteiger partial charge in [-0.25, -0.2) is 0 Å². The number of fused-ring (bicyclic) bond motifs is 1. The monoisotopic (exact) mass is 220 g/mol. The molecular weight excluding hydrogens is 207 g/mol. The van der Waals surface area contributed by atoms with Gasteiger partial charge in [-0.3, -0.25) is 0 Å². The predicted octanol–water partition coefficient (Wildman–Crippen LogP) is 1.24. The predicted molar refractivity (Wildman–Crippen MR) is 47.9 cm³/mol. The molecule has 1 spiro atoms. The molecule has 14 heavy (non-hydrogen) atoms. The van der Waals surface area contributed by atoms with Crippen molar-refractivity contribution in [2.75, 3.05) is 6.61 Å². The van der Waals surface area contributed by atoms with Crippen molar-refractivity contribution in [3.63, 3.8) is 0 Å². The summed E-state index contributed by atoms with van der Waals surface area (Å²) in [5, 5.41) is -0.780. The quantitative estimate of drug-likeness (QED) is 0.624. The minimum Gasteiger partial charge on any atom is -0.374 e. The zero-order valence-electron chi connectivity index (χ0n) is 7.78. The fourth-order valence-corrected chi connectivity index (χ4v) is 4.92. The number of hydrogen-bond acceptors (Lipinski definition) is 3. The zero-order valence-corrected chi connectivity index (χ0v) is 8.60. The van der Waals surface area contributed by atoms with Crippen molar-refractivity contribution in [3.05, 3.63) is 0 Å². The minimum atomic E-state index is -4.37. The molecule has 3 nitrogen and oxygen atoms in total. The molecule has 2 saturated heterocycles. The normalized spacial score (nSPS) is 51.1. The van der Waals surface area contributed by atoms with E-state index >= 15 is 0 Å². The SMILES string of the molecule is O=S(=O)(F)C1CCCC23CC(CO2)C13. The van der Waals surface area contributed by atoms with Gasteiger partial charge in [0.25, 0.3) is 0 Å². The van der Waals surface area contributed by atoms with Crippen molar-refractivity contribution in [2.45, 2.75) is 36.5 Å². The minimum absolute atomic E-state index is 0.0498. The largest absolute Gasteiger partial charge is 0.374 e.